The van der Waals surface area contributed by atoms with Crippen molar-refractivity contribution in [3.63, 3.8) is 0 Å². The zero-order chi connectivity index (χ0) is 13.0. The van der Waals surface area contributed by atoms with Crippen molar-refractivity contribution in [2.45, 2.75) is 26.2 Å². The molecule has 0 spiro atoms. The molecule has 1 aliphatic heterocycles. The number of aryl methyl sites for hydroxylation is 1. The summed E-state index contributed by atoms with van der Waals surface area (Å²) in [5.74, 6) is -0.0229. The summed E-state index contributed by atoms with van der Waals surface area (Å²) in [6.45, 7) is 3.62. The SMILES string of the molecule is CCc1cnc(NC(=O)C2(CN)CCOCC2)s1. The second-order valence-electron chi connectivity index (χ2n) is 4.54. The van der Waals surface area contributed by atoms with Gasteiger partial charge in [-0.3, -0.25) is 4.79 Å². The fourth-order valence-electron chi connectivity index (χ4n) is 2.04. The number of nitrogens with one attached hydrogen (secondary N) is 1. The molecule has 0 unspecified atom stereocenters. The number of carbonyl (C=O) groups excluding carboxylic acids is 1. The molecule has 1 saturated heterocycles. The first-order valence-corrected chi connectivity index (χ1v) is 7.06. The van der Waals surface area contributed by atoms with Crippen LogP contribution < -0.4 is 11.1 Å². The van der Waals surface area contributed by atoms with Gasteiger partial charge in [0.2, 0.25) is 5.91 Å². The monoisotopic (exact) mass is 269 g/mol. The first-order valence-electron chi connectivity index (χ1n) is 6.24. The second-order valence-corrected chi connectivity index (χ2v) is 5.65. The summed E-state index contributed by atoms with van der Waals surface area (Å²) in [6, 6.07) is 0. The Morgan fingerprint density at radius 1 is 1.61 bits per heavy atom. The van der Waals surface area contributed by atoms with Gasteiger partial charge in [-0.15, -0.1) is 11.3 Å². The molecule has 1 fully saturated rings. The molecule has 100 valence electrons. The number of hydrogen-bond acceptors (Lipinski definition) is 5. The maximum atomic E-state index is 12.3. The first-order chi connectivity index (χ1) is 8.70. The number of nitrogens with two attached hydrogens (primary N) is 1. The lowest BCUT2D eigenvalue weighted by atomic mass is 9.79. The molecule has 1 amide bonds. The lowest BCUT2D eigenvalue weighted by Crippen LogP contribution is -2.46. The highest BCUT2D eigenvalue weighted by molar-refractivity contribution is 7.15. The number of thiazole rings is 1. The van der Waals surface area contributed by atoms with Crippen LogP contribution in [0.2, 0.25) is 0 Å². The molecule has 1 aromatic rings. The molecule has 0 aromatic carbocycles. The molecule has 1 aliphatic rings. The average molecular weight is 269 g/mol. The van der Waals surface area contributed by atoms with Gasteiger partial charge < -0.3 is 15.8 Å². The van der Waals surface area contributed by atoms with E-state index in [1.165, 1.54) is 16.2 Å². The first kappa shape index (κ1) is 13.5. The number of ether oxygens (including phenoxy) is 1. The molecule has 0 atom stereocenters. The molecule has 1 aromatic heterocycles. The highest BCUT2D eigenvalue weighted by Crippen LogP contribution is 2.31. The summed E-state index contributed by atoms with van der Waals surface area (Å²) >= 11 is 1.52. The van der Waals surface area contributed by atoms with E-state index in [-0.39, 0.29) is 5.91 Å². The van der Waals surface area contributed by atoms with Crippen LogP contribution in [-0.4, -0.2) is 30.6 Å². The van der Waals surface area contributed by atoms with Crippen LogP contribution >= 0.6 is 11.3 Å². The van der Waals surface area contributed by atoms with Crippen LogP contribution in [0.3, 0.4) is 0 Å². The van der Waals surface area contributed by atoms with Crippen molar-refractivity contribution in [2.75, 3.05) is 25.1 Å². The van der Waals surface area contributed by atoms with Crippen molar-refractivity contribution >= 4 is 22.4 Å². The Hall–Kier alpha value is -0.980. The number of aromatic nitrogens is 1. The molecule has 0 aliphatic carbocycles. The minimum absolute atomic E-state index is 0.0229. The largest absolute Gasteiger partial charge is 0.381 e. The number of nitrogens with zero attached hydrogens (tertiary/aromatic N) is 1. The third-order valence-electron chi connectivity index (χ3n) is 3.44. The van der Waals surface area contributed by atoms with E-state index in [9.17, 15) is 4.79 Å². The smallest absolute Gasteiger partial charge is 0.233 e. The van der Waals surface area contributed by atoms with Crippen molar-refractivity contribution in [1.82, 2.24) is 4.98 Å². The second kappa shape index (κ2) is 5.77. The van der Waals surface area contributed by atoms with Crippen LogP contribution in [0.25, 0.3) is 0 Å². The molecule has 0 bridgehead atoms. The Morgan fingerprint density at radius 3 is 2.89 bits per heavy atom. The minimum Gasteiger partial charge on any atom is -0.381 e. The number of anilines is 1. The van der Waals surface area contributed by atoms with E-state index in [2.05, 4.69) is 17.2 Å². The third-order valence-corrected chi connectivity index (χ3v) is 4.50. The molecule has 0 saturated carbocycles. The van der Waals surface area contributed by atoms with Crippen molar-refractivity contribution in [3.8, 4) is 0 Å². The standard InChI is InChI=1S/C12H19N3O2S/c1-2-9-7-14-11(18-9)15-10(16)12(8-13)3-5-17-6-4-12/h7H,2-6,8,13H2,1H3,(H,14,15,16). The van der Waals surface area contributed by atoms with Gasteiger partial charge in [-0.05, 0) is 19.3 Å². The summed E-state index contributed by atoms with van der Waals surface area (Å²) in [4.78, 5) is 17.7. The van der Waals surface area contributed by atoms with E-state index in [4.69, 9.17) is 10.5 Å². The van der Waals surface area contributed by atoms with E-state index in [1.807, 2.05) is 0 Å². The van der Waals surface area contributed by atoms with E-state index < -0.39 is 5.41 Å². The lowest BCUT2D eigenvalue weighted by molar-refractivity contribution is -0.130. The fraction of sp³-hybridized carbons (Fsp3) is 0.667. The Labute approximate surface area is 111 Å². The zero-order valence-electron chi connectivity index (χ0n) is 10.6. The van der Waals surface area contributed by atoms with Gasteiger partial charge in [0.15, 0.2) is 5.13 Å². The van der Waals surface area contributed by atoms with Gasteiger partial charge in [-0.1, -0.05) is 6.92 Å². The number of rotatable bonds is 4. The number of hydrogen-bond donors (Lipinski definition) is 2. The lowest BCUT2D eigenvalue weighted by Gasteiger charge is -2.34. The Morgan fingerprint density at radius 2 is 2.33 bits per heavy atom. The highest BCUT2D eigenvalue weighted by atomic mass is 32.1. The minimum atomic E-state index is -0.490. The molecule has 6 heteroatoms. The Bertz CT molecular complexity index is 413. The van der Waals surface area contributed by atoms with Gasteiger partial charge >= 0.3 is 0 Å². The van der Waals surface area contributed by atoms with Crippen LogP contribution in [-0.2, 0) is 16.0 Å². The summed E-state index contributed by atoms with van der Waals surface area (Å²) < 4.78 is 5.30. The van der Waals surface area contributed by atoms with Gasteiger partial charge in [0.25, 0.3) is 0 Å². The normalized spacial score (nSPS) is 18.6. The van der Waals surface area contributed by atoms with Crippen molar-refractivity contribution in [2.24, 2.45) is 11.1 Å². The summed E-state index contributed by atoms with van der Waals surface area (Å²) in [7, 11) is 0. The summed E-state index contributed by atoms with van der Waals surface area (Å²) in [5, 5.41) is 3.55. The van der Waals surface area contributed by atoms with Gasteiger partial charge in [0, 0.05) is 30.8 Å². The topological polar surface area (TPSA) is 77.2 Å². The van der Waals surface area contributed by atoms with E-state index in [0.717, 1.165) is 6.42 Å². The zero-order valence-corrected chi connectivity index (χ0v) is 11.4. The average Bonchev–Trinajstić information content (AvgIpc) is 2.87. The quantitative estimate of drug-likeness (QED) is 0.866. The van der Waals surface area contributed by atoms with Crippen molar-refractivity contribution in [1.29, 1.82) is 0 Å². The van der Waals surface area contributed by atoms with Crippen LogP contribution in [0.1, 0.15) is 24.6 Å². The molecule has 18 heavy (non-hydrogen) atoms. The predicted octanol–water partition coefficient (Wildman–Crippen LogP) is 1.40. The van der Waals surface area contributed by atoms with Crippen LogP contribution in [0, 0.1) is 5.41 Å². The van der Waals surface area contributed by atoms with Gasteiger partial charge in [0.1, 0.15) is 0 Å². The third kappa shape index (κ3) is 2.71. The molecular formula is C12H19N3O2S. The Kier molecular flexibility index (Phi) is 4.31. The molecule has 2 rings (SSSR count). The van der Waals surface area contributed by atoms with Crippen LogP contribution in [0.5, 0.6) is 0 Å². The van der Waals surface area contributed by atoms with Gasteiger partial charge in [-0.2, -0.15) is 0 Å². The van der Waals surface area contributed by atoms with E-state index in [0.29, 0.717) is 37.7 Å². The predicted molar refractivity (Wildman–Crippen MR) is 71.7 cm³/mol. The summed E-state index contributed by atoms with van der Waals surface area (Å²) in [6.07, 6.45) is 4.10. The van der Waals surface area contributed by atoms with Gasteiger partial charge in [-0.25, -0.2) is 4.98 Å². The maximum Gasteiger partial charge on any atom is 0.233 e. The summed E-state index contributed by atoms with van der Waals surface area (Å²) in [5.41, 5.74) is 5.30. The van der Waals surface area contributed by atoms with E-state index >= 15 is 0 Å². The molecule has 5 nitrogen and oxygen atoms in total. The molecule has 0 radical (unpaired) electrons. The van der Waals surface area contributed by atoms with Crippen LogP contribution in [0.4, 0.5) is 5.13 Å². The van der Waals surface area contributed by atoms with Crippen LogP contribution in [0.15, 0.2) is 6.20 Å². The van der Waals surface area contributed by atoms with Gasteiger partial charge in [0.05, 0.1) is 5.41 Å². The molecule has 3 N–H and O–H groups in total. The number of amides is 1. The molecular weight excluding hydrogens is 250 g/mol. The highest BCUT2D eigenvalue weighted by Gasteiger charge is 2.39. The molecule has 2 heterocycles. The number of carbonyl (C=O) groups is 1. The van der Waals surface area contributed by atoms with Crippen molar-refractivity contribution in [3.05, 3.63) is 11.1 Å². The Balaban J connectivity index is 2.05. The van der Waals surface area contributed by atoms with Crippen molar-refractivity contribution < 1.29 is 9.53 Å². The maximum absolute atomic E-state index is 12.3. The fourth-order valence-corrected chi connectivity index (χ4v) is 2.79. The van der Waals surface area contributed by atoms with E-state index in [1.54, 1.807) is 6.20 Å².